The first-order valence-corrected chi connectivity index (χ1v) is 36.7. The van der Waals surface area contributed by atoms with Crippen molar-refractivity contribution in [3.8, 4) is 0 Å². The van der Waals surface area contributed by atoms with E-state index in [-0.39, 0.29) is 25.7 Å². The molecular formula is C66H124O17P2. The summed E-state index contributed by atoms with van der Waals surface area (Å²) in [4.78, 5) is 72.3. The number of esters is 4. The van der Waals surface area contributed by atoms with Crippen LogP contribution in [0, 0.1) is 17.8 Å². The summed E-state index contributed by atoms with van der Waals surface area (Å²) >= 11 is 0. The van der Waals surface area contributed by atoms with E-state index in [4.69, 9.17) is 37.0 Å². The Kier molecular flexibility index (Phi) is 55.1. The minimum atomic E-state index is -4.96. The minimum absolute atomic E-state index is 0.0834. The van der Waals surface area contributed by atoms with Crippen LogP contribution >= 0.6 is 15.6 Å². The number of unbranched alkanes of at least 4 members (excludes halogenated alkanes) is 25. The van der Waals surface area contributed by atoms with E-state index < -0.39 is 97.5 Å². The molecule has 0 fully saturated rings. The van der Waals surface area contributed by atoms with Gasteiger partial charge in [-0.25, -0.2) is 9.13 Å². The van der Waals surface area contributed by atoms with Crippen molar-refractivity contribution in [2.45, 2.75) is 317 Å². The highest BCUT2D eigenvalue weighted by atomic mass is 31.2. The normalized spacial score (nSPS) is 15.1. The van der Waals surface area contributed by atoms with Crippen molar-refractivity contribution in [3.63, 3.8) is 0 Å². The summed E-state index contributed by atoms with van der Waals surface area (Å²) in [5.41, 5.74) is 0. The van der Waals surface area contributed by atoms with Crippen LogP contribution in [0.5, 0.6) is 0 Å². The van der Waals surface area contributed by atoms with Gasteiger partial charge in [0.05, 0.1) is 26.4 Å². The average molecular weight is 1250 g/mol. The van der Waals surface area contributed by atoms with Gasteiger partial charge < -0.3 is 33.8 Å². The number of phosphoric ester groups is 2. The lowest BCUT2D eigenvalue weighted by atomic mass is 10.00. The summed E-state index contributed by atoms with van der Waals surface area (Å²) in [5, 5.41) is 10.5. The van der Waals surface area contributed by atoms with E-state index in [1.165, 1.54) is 83.5 Å². The summed E-state index contributed by atoms with van der Waals surface area (Å²) in [5.74, 6) is -0.0191. The fraction of sp³-hybridized carbons (Fsp3) is 0.879. The van der Waals surface area contributed by atoms with E-state index in [0.29, 0.717) is 31.6 Å². The molecule has 17 nitrogen and oxygen atoms in total. The molecular weight excluding hydrogens is 1130 g/mol. The summed E-state index contributed by atoms with van der Waals surface area (Å²) < 4.78 is 68.0. The molecule has 0 aromatic rings. The molecule has 0 aliphatic rings. The lowest BCUT2D eigenvalue weighted by Gasteiger charge is -2.21. The molecule has 19 heteroatoms. The van der Waals surface area contributed by atoms with Crippen LogP contribution in [-0.4, -0.2) is 96.7 Å². The van der Waals surface area contributed by atoms with Crippen molar-refractivity contribution in [1.29, 1.82) is 0 Å². The molecule has 0 aromatic carbocycles. The zero-order chi connectivity index (χ0) is 63.1. The molecule has 0 aliphatic carbocycles. The number of hydrogen-bond acceptors (Lipinski definition) is 15. The van der Waals surface area contributed by atoms with E-state index in [0.717, 1.165) is 127 Å². The topological polar surface area (TPSA) is 237 Å². The van der Waals surface area contributed by atoms with Crippen LogP contribution in [0.1, 0.15) is 299 Å². The van der Waals surface area contributed by atoms with Crippen molar-refractivity contribution in [3.05, 3.63) is 24.3 Å². The fourth-order valence-electron chi connectivity index (χ4n) is 9.23. The number of rotatable bonds is 62. The van der Waals surface area contributed by atoms with Gasteiger partial charge in [0, 0.05) is 25.7 Å². The quantitative estimate of drug-likeness (QED) is 0.0169. The Balaban J connectivity index is 5.29. The van der Waals surface area contributed by atoms with Crippen molar-refractivity contribution < 1.29 is 80.2 Å². The Morgan fingerprint density at radius 3 is 1.05 bits per heavy atom. The summed E-state index contributed by atoms with van der Waals surface area (Å²) in [6.45, 7) is 11.6. The number of carbonyl (C=O) groups is 4. The van der Waals surface area contributed by atoms with Crippen molar-refractivity contribution >= 4 is 39.5 Å². The first-order chi connectivity index (χ1) is 40.8. The second-order valence-electron chi connectivity index (χ2n) is 24.1. The average Bonchev–Trinajstić information content (AvgIpc) is 3.61. The molecule has 5 unspecified atom stereocenters. The lowest BCUT2D eigenvalue weighted by Crippen LogP contribution is -2.30. The van der Waals surface area contributed by atoms with Crippen LogP contribution in [0.3, 0.4) is 0 Å². The molecule has 0 heterocycles. The molecule has 500 valence electrons. The standard InChI is InChI=1S/C66H124O17P2/c1-8-11-12-13-14-15-16-17-18-19-20-21-24-35-42-49-65(70)82-61(53-76-63(68)47-40-33-25-22-23-30-37-44-57(4)5)55-80-84(72,73)78-51-60(67)52-79-85(74,75)81-56-62(83-66(71)50-43-36-29-27-32-39-46-59(7)10-3)54-77-64(69)48-41-34-28-26-31-38-45-58(6)9-2/h15-18,57-62,67H,8-14,19-56H2,1-7H3,(H,72,73)(H,74,75)/b16-15-,18-17-/t58?,59?,60?,61-,62-/m1/s1. The molecule has 0 rings (SSSR count). The second-order valence-corrected chi connectivity index (χ2v) is 27.0. The predicted molar refractivity (Wildman–Crippen MR) is 340 cm³/mol. The Hall–Kier alpha value is -2.46. The SMILES string of the molecule is CCCCCC/C=C\C=C/CCCCCCCC(=O)O[C@H](COC(=O)CCCCCCCCCC(C)C)COP(=O)(O)OCC(O)COP(=O)(O)OC[C@@H](COC(=O)CCCCCCCCC(C)CC)OC(=O)CCCCCCCCC(C)CC. The van der Waals surface area contributed by atoms with Crippen LogP contribution in [0.2, 0.25) is 0 Å². The van der Waals surface area contributed by atoms with Gasteiger partial charge in [0.15, 0.2) is 12.2 Å². The lowest BCUT2D eigenvalue weighted by molar-refractivity contribution is -0.161. The molecule has 0 radical (unpaired) electrons. The number of ether oxygens (including phenoxy) is 4. The van der Waals surface area contributed by atoms with Crippen LogP contribution in [0.4, 0.5) is 0 Å². The Morgan fingerprint density at radius 2 is 0.694 bits per heavy atom. The molecule has 0 aromatic heterocycles. The summed E-state index contributed by atoms with van der Waals surface area (Å²) in [6, 6.07) is 0. The van der Waals surface area contributed by atoms with Gasteiger partial charge >= 0.3 is 39.5 Å². The van der Waals surface area contributed by atoms with E-state index in [9.17, 15) is 43.2 Å². The van der Waals surface area contributed by atoms with Crippen LogP contribution in [-0.2, 0) is 65.4 Å². The third-order valence-corrected chi connectivity index (χ3v) is 17.1. The van der Waals surface area contributed by atoms with Crippen molar-refractivity contribution in [2.75, 3.05) is 39.6 Å². The molecule has 85 heavy (non-hydrogen) atoms. The van der Waals surface area contributed by atoms with Crippen LogP contribution < -0.4 is 0 Å². The number of hydrogen-bond donors (Lipinski definition) is 3. The van der Waals surface area contributed by atoms with E-state index in [1.54, 1.807) is 0 Å². The third kappa shape index (κ3) is 57.7. The highest BCUT2D eigenvalue weighted by Gasteiger charge is 2.30. The largest absolute Gasteiger partial charge is 0.472 e. The predicted octanol–water partition coefficient (Wildman–Crippen LogP) is 17.8. The third-order valence-electron chi connectivity index (χ3n) is 15.2. The highest BCUT2D eigenvalue weighted by Crippen LogP contribution is 2.45. The minimum Gasteiger partial charge on any atom is -0.462 e. The summed E-state index contributed by atoms with van der Waals surface area (Å²) in [6.07, 6.45) is 41.3. The van der Waals surface area contributed by atoms with Crippen LogP contribution in [0.15, 0.2) is 24.3 Å². The first-order valence-electron chi connectivity index (χ1n) is 33.7. The van der Waals surface area contributed by atoms with Crippen LogP contribution in [0.25, 0.3) is 0 Å². The Bertz CT molecular complexity index is 1780. The second kappa shape index (κ2) is 56.8. The number of carbonyl (C=O) groups excluding carboxylic acids is 4. The zero-order valence-electron chi connectivity index (χ0n) is 54.5. The molecule has 3 N–H and O–H groups in total. The fourth-order valence-corrected chi connectivity index (χ4v) is 10.8. The van der Waals surface area contributed by atoms with Crippen molar-refractivity contribution in [2.24, 2.45) is 17.8 Å². The van der Waals surface area contributed by atoms with E-state index in [2.05, 4.69) is 72.8 Å². The van der Waals surface area contributed by atoms with Gasteiger partial charge in [-0.15, -0.1) is 0 Å². The molecule has 7 atom stereocenters. The molecule has 0 aliphatic heterocycles. The molecule has 0 saturated carbocycles. The van der Waals surface area contributed by atoms with E-state index in [1.807, 2.05) is 0 Å². The molecule has 0 bridgehead atoms. The zero-order valence-corrected chi connectivity index (χ0v) is 56.3. The smallest absolute Gasteiger partial charge is 0.462 e. The van der Waals surface area contributed by atoms with Gasteiger partial charge in [0.2, 0.25) is 0 Å². The first kappa shape index (κ1) is 82.5. The molecule has 0 spiro atoms. The molecule has 0 saturated heterocycles. The monoisotopic (exact) mass is 1250 g/mol. The highest BCUT2D eigenvalue weighted by molar-refractivity contribution is 7.47. The maximum Gasteiger partial charge on any atom is 0.472 e. The Labute approximate surface area is 516 Å². The number of aliphatic hydroxyl groups excluding tert-OH is 1. The van der Waals surface area contributed by atoms with Gasteiger partial charge in [-0.05, 0) is 69.1 Å². The van der Waals surface area contributed by atoms with Gasteiger partial charge in [-0.3, -0.25) is 37.3 Å². The molecule has 0 amide bonds. The van der Waals surface area contributed by atoms with Crippen molar-refractivity contribution in [1.82, 2.24) is 0 Å². The maximum absolute atomic E-state index is 13.0. The number of allylic oxidation sites excluding steroid dienone is 4. The maximum atomic E-state index is 13.0. The number of phosphoric acid groups is 2. The van der Waals surface area contributed by atoms with Gasteiger partial charge in [0.1, 0.15) is 19.3 Å². The number of aliphatic hydroxyl groups is 1. The van der Waals surface area contributed by atoms with Gasteiger partial charge in [0.25, 0.3) is 0 Å². The van der Waals surface area contributed by atoms with Gasteiger partial charge in [-0.2, -0.15) is 0 Å². The van der Waals surface area contributed by atoms with E-state index >= 15 is 0 Å². The summed E-state index contributed by atoms with van der Waals surface area (Å²) in [7, 11) is -9.91. The van der Waals surface area contributed by atoms with Gasteiger partial charge in [-0.1, -0.05) is 246 Å². The Morgan fingerprint density at radius 1 is 0.388 bits per heavy atom.